The van der Waals surface area contributed by atoms with Crippen LogP contribution in [0.15, 0.2) is 36.5 Å². The molecule has 6 rings (SSSR count). The van der Waals surface area contributed by atoms with Gasteiger partial charge < -0.3 is 14.7 Å². The summed E-state index contributed by atoms with van der Waals surface area (Å²) in [6, 6.07) is 11.1. The highest BCUT2D eigenvalue weighted by Gasteiger charge is 2.25. The Morgan fingerprint density at radius 2 is 1.87 bits per heavy atom. The number of hydrogen-bond donors (Lipinski definition) is 2. The first kappa shape index (κ1) is 17.5. The van der Waals surface area contributed by atoms with Crippen molar-refractivity contribution in [2.75, 3.05) is 0 Å². The van der Waals surface area contributed by atoms with Crippen molar-refractivity contribution in [3.05, 3.63) is 65.0 Å². The summed E-state index contributed by atoms with van der Waals surface area (Å²) >= 11 is 0. The van der Waals surface area contributed by atoms with Crippen LogP contribution in [0.2, 0.25) is 0 Å². The van der Waals surface area contributed by atoms with Gasteiger partial charge in [-0.1, -0.05) is 26.0 Å². The number of benzene rings is 2. The van der Waals surface area contributed by atoms with Crippen LogP contribution < -0.4 is 4.74 Å². The Bertz CT molecular complexity index is 1290. The van der Waals surface area contributed by atoms with Crippen LogP contribution in [0.1, 0.15) is 48.2 Å². The van der Waals surface area contributed by atoms with Crippen molar-refractivity contribution < 1.29 is 4.74 Å². The fourth-order valence-corrected chi connectivity index (χ4v) is 4.66. The van der Waals surface area contributed by atoms with Gasteiger partial charge in [-0.3, -0.25) is 0 Å². The van der Waals surface area contributed by atoms with Crippen LogP contribution in [0.3, 0.4) is 0 Å². The minimum atomic E-state index is 0.386. The predicted molar refractivity (Wildman–Crippen MR) is 118 cm³/mol. The van der Waals surface area contributed by atoms with Gasteiger partial charge in [0.2, 0.25) is 0 Å². The minimum absolute atomic E-state index is 0.386. The molecular weight excluding hydrogens is 372 g/mol. The first-order chi connectivity index (χ1) is 14.6. The summed E-state index contributed by atoms with van der Waals surface area (Å²) in [5.74, 6) is 3.33. The molecule has 1 aliphatic carbocycles. The number of aromatic nitrogens is 4. The molecule has 1 aliphatic heterocycles. The second-order valence-corrected chi connectivity index (χ2v) is 8.65. The summed E-state index contributed by atoms with van der Waals surface area (Å²) < 4.78 is 6.21. The van der Waals surface area contributed by atoms with Crippen molar-refractivity contribution in [1.29, 1.82) is 0 Å². The van der Waals surface area contributed by atoms with Gasteiger partial charge in [0.15, 0.2) is 0 Å². The quantitative estimate of drug-likeness (QED) is 0.466. The van der Waals surface area contributed by atoms with Gasteiger partial charge in [-0.15, -0.1) is 0 Å². The molecule has 0 bridgehead atoms. The van der Waals surface area contributed by atoms with Crippen LogP contribution in [0.4, 0.5) is 0 Å². The third kappa shape index (κ3) is 2.61. The van der Waals surface area contributed by atoms with E-state index in [1.165, 1.54) is 33.5 Å². The normalized spacial score (nSPS) is 14.0. The first-order valence-electron chi connectivity index (χ1n) is 10.6. The maximum atomic E-state index is 6.21. The second kappa shape index (κ2) is 6.33. The van der Waals surface area contributed by atoms with E-state index >= 15 is 0 Å². The summed E-state index contributed by atoms with van der Waals surface area (Å²) in [5.41, 5.74) is 10.7. The number of hydrogen-bond acceptors (Lipinski definition) is 3. The second-order valence-electron chi connectivity index (χ2n) is 8.65. The van der Waals surface area contributed by atoms with Crippen LogP contribution in [-0.4, -0.2) is 19.9 Å². The third-order valence-electron chi connectivity index (χ3n) is 6.23. The van der Waals surface area contributed by atoms with Crippen molar-refractivity contribution >= 4 is 0 Å². The van der Waals surface area contributed by atoms with Crippen molar-refractivity contribution in [1.82, 2.24) is 19.9 Å². The summed E-state index contributed by atoms with van der Waals surface area (Å²) in [6.45, 7) is 6.89. The van der Waals surface area contributed by atoms with Gasteiger partial charge >= 0.3 is 0 Å². The van der Waals surface area contributed by atoms with E-state index in [1.807, 2.05) is 13.1 Å². The molecule has 0 saturated heterocycles. The zero-order valence-corrected chi connectivity index (χ0v) is 17.5. The van der Waals surface area contributed by atoms with Gasteiger partial charge in [-0.25, -0.2) is 9.97 Å². The van der Waals surface area contributed by atoms with Gasteiger partial charge in [0, 0.05) is 22.7 Å². The minimum Gasteiger partial charge on any atom is -0.488 e. The van der Waals surface area contributed by atoms with Gasteiger partial charge in [0.05, 0.1) is 17.6 Å². The van der Waals surface area contributed by atoms with Crippen LogP contribution in [0.5, 0.6) is 5.75 Å². The Morgan fingerprint density at radius 1 is 0.967 bits per heavy atom. The molecule has 5 nitrogen and oxygen atoms in total. The molecule has 0 fully saturated rings. The van der Waals surface area contributed by atoms with E-state index in [2.05, 4.69) is 59.1 Å². The molecule has 0 saturated carbocycles. The smallest absolute Gasteiger partial charge is 0.128 e. The van der Waals surface area contributed by atoms with E-state index in [-0.39, 0.29) is 0 Å². The number of nitrogens with zero attached hydrogens (tertiary/aromatic N) is 2. The summed E-state index contributed by atoms with van der Waals surface area (Å²) in [7, 11) is 0. The Morgan fingerprint density at radius 3 is 2.70 bits per heavy atom. The van der Waals surface area contributed by atoms with Crippen molar-refractivity contribution in [2.45, 2.75) is 46.1 Å². The number of fused-ring (bicyclic) bond motifs is 6. The highest BCUT2D eigenvalue weighted by atomic mass is 16.5. The fourth-order valence-electron chi connectivity index (χ4n) is 4.66. The lowest BCUT2D eigenvalue weighted by atomic mass is 9.86. The Hall–Kier alpha value is -3.34. The average Bonchev–Trinajstić information content (AvgIpc) is 3.38. The van der Waals surface area contributed by atoms with Crippen molar-refractivity contribution in [2.24, 2.45) is 0 Å². The van der Waals surface area contributed by atoms with Crippen LogP contribution in [0, 0.1) is 6.92 Å². The van der Waals surface area contributed by atoms with Crippen molar-refractivity contribution in [3.63, 3.8) is 0 Å². The molecule has 2 N–H and O–H groups in total. The summed E-state index contributed by atoms with van der Waals surface area (Å²) in [6.07, 6.45) is 3.96. The molecule has 2 aromatic carbocycles. The van der Waals surface area contributed by atoms with Crippen molar-refractivity contribution in [3.8, 4) is 39.4 Å². The Balaban J connectivity index is 1.42. The largest absolute Gasteiger partial charge is 0.488 e. The zero-order chi connectivity index (χ0) is 20.4. The highest BCUT2D eigenvalue weighted by Crippen LogP contribution is 2.44. The van der Waals surface area contributed by atoms with Gasteiger partial charge in [-0.05, 0) is 60.2 Å². The molecule has 0 atom stereocenters. The average molecular weight is 396 g/mol. The lowest BCUT2D eigenvalue weighted by Crippen LogP contribution is -2.09. The highest BCUT2D eigenvalue weighted by molar-refractivity contribution is 5.83. The van der Waals surface area contributed by atoms with Gasteiger partial charge in [0.1, 0.15) is 24.0 Å². The predicted octanol–water partition coefficient (Wildman–Crippen LogP) is 5.56. The molecule has 30 heavy (non-hydrogen) atoms. The maximum Gasteiger partial charge on any atom is 0.128 e. The topological polar surface area (TPSA) is 66.6 Å². The van der Waals surface area contributed by atoms with Crippen LogP contribution in [0.25, 0.3) is 33.6 Å². The lowest BCUT2D eigenvalue weighted by molar-refractivity contribution is 0.302. The number of rotatable bonds is 2. The first-order valence-corrected chi connectivity index (χ1v) is 10.6. The monoisotopic (exact) mass is 396 g/mol. The standard InChI is InChI=1S/C25H24N4O/c1-13(2)25-26-11-22(29-25)16-4-6-18-17(8-16)12-30-23-10-19-15(9-20(18)23)5-7-21-24(19)28-14(3)27-21/h4,6,8-11,13H,5,7,12H2,1-3H3,(H,26,29)(H,27,28). The Labute approximate surface area is 175 Å². The number of aryl methyl sites for hydroxylation is 3. The molecule has 150 valence electrons. The van der Waals surface area contributed by atoms with E-state index < -0.39 is 0 Å². The number of imidazole rings is 2. The maximum absolute atomic E-state index is 6.21. The SMILES string of the molecule is Cc1nc2c([nH]1)CCc1cc3c(cc1-2)OCc1cc(-c2cnc(C(C)C)[nH]2)ccc1-3. The molecular formula is C25H24N4O. The molecule has 2 aromatic heterocycles. The van der Waals surface area contributed by atoms with Crippen LogP contribution in [-0.2, 0) is 19.4 Å². The number of aromatic amines is 2. The molecule has 0 unspecified atom stereocenters. The zero-order valence-electron chi connectivity index (χ0n) is 17.5. The molecule has 2 aliphatic rings. The molecule has 0 amide bonds. The summed E-state index contributed by atoms with van der Waals surface area (Å²) in [4.78, 5) is 16.1. The molecule has 3 heterocycles. The van der Waals surface area contributed by atoms with E-state index in [1.54, 1.807) is 0 Å². The molecule has 0 spiro atoms. The third-order valence-corrected chi connectivity index (χ3v) is 6.23. The van der Waals surface area contributed by atoms with Gasteiger partial charge in [0.25, 0.3) is 0 Å². The number of ether oxygens (including phenoxy) is 1. The van der Waals surface area contributed by atoms with Gasteiger partial charge in [-0.2, -0.15) is 0 Å². The molecule has 5 heteroatoms. The van der Waals surface area contributed by atoms with E-state index in [4.69, 9.17) is 9.72 Å². The molecule has 4 aromatic rings. The van der Waals surface area contributed by atoms with Crippen LogP contribution >= 0.6 is 0 Å². The lowest BCUT2D eigenvalue weighted by Gasteiger charge is -2.25. The fraction of sp³-hybridized carbons (Fsp3) is 0.280. The van der Waals surface area contributed by atoms with E-state index in [9.17, 15) is 0 Å². The summed E-state index contributed by atoms with van der Waals surface area (Å²) in [5, 5.41) is 0. The van der Waals surface area contributed by atoms with E-state index in [0.717, 1.165) is 47.2 Å². The number of nitrogens with one attached hydrogen (secondary N) is 2. The number of H-pyrrole nitrogens is 2. The van der Waals surface area contributed by atoms with E-state index in [0.29, 0.717) is 12.5 Å². The Kier molecular flexibility index (Phi) is 3.69. The molecule has 0 radical (unpaired) electrons.